The third-order valence-corrected chi connectivity index (χ3v) is 4.85. The standard InChI is InChI=1S/C21H23N7O2/c1-27(2)21(30)24-9-7-15-5-6-16-19(25-15)26-18(28-11-10-23-20(16)28)12-17(29)14-4-3-8-22-13-14/h3-6,8,12-13H,7,9-11H2,1-2H3,(H,24,30)(H,25,26)/b18-12+. The summed E-state index contributed by atoms with van der Waals surface area (Å²) in [7, 11) is 3.40. The highest BCUT2D eigenvalue weighted by Crippen LogP contribution is 2.29. The molecule has 0 radical (unpaired) electrons. The number of urea groups is 1. The van der Waals surface area contributed by atoms with Gasteiger partial charge in [0.05, 0.1) is 12.1 Å². The molecule has 2 aromatic rings. The normalized spacial score (nSPS) is 15.7. The number of fused-ring (bicyclic) bond motifs is 3. The zero-order valence-electron chi connectivity index (χ0n) is 16.9. The van der Waals surface area contributed by atoms with Crippen LogP contribution < -0.4 is 10.6 Å². The minimum atomic E-state index is -0.138. The molecule has 0 fully saturated rings. The maximum absolute atomic E-state index is 12.7. The molecule has 0 aromatic carbocycles. The van der Waals surface area contributed by atoms with Gasteiger partial charge in [0.15, 0.2) is 5.78 Å². The molecule has 2 aliphatic rings. The lowest BCUT2D eigenvalue weighted by atomic mass is 10.1. The van der Waals surface area contributed by atoms with Gasteiger partial charge >= 0.3 is 6.03 Å². The van der Waals surface area contributed by atoms with Crippen LogP contribution >= 0.6 is 0 Å². The summed E-state index contributed by atoms with van der Waals surface area (Å²) in [6.07, 6.45) is 5.34. The molecule has 2 aliphatic heterocycles. The van der Waals surface area contributed by atoms with Gasteiger partial charge < -0.3 is 20.4 Å². The van der Waals surface area contributed by atoms with Crippen molar-refractivity contribution < 1.29 is 9.59 Å². The van der Waals surface area contributed by atoms with E-state index in [1.807, 2.05) is 17.0 Å². The van der Waals surface area contributed by atoms with Crippen molar-refractivity contribution in [1.29, 1.82) is 0 Å². The number of hydrogen-bond donors (Lipinski definition) is 2. The minimum absolute atomic E-state index is 0.136. The lowest BCUT2D eigenvalue weighted by molar-refractivity contribution is 0.104. The fourth-order valence-electron chi connectivity index (χ4n) is 3.30. The second-order valence-corrected chi connectivity index (χ2v) is 7.19. The maximum atomic E-state index is 12.7. The van der Waals surface area contributed by atoms with E-state index in [0.29, 0.717) is 43.3 Å². The summed E-state index contributed by atoms with van der Waals surface area (Å²) in [6, 6.07) is 7.26. The van der Waals surface area contributed by atoms with Gasteiger partial charge in [0.2, 0.25) is 0 Å². The molecule has 2 aromatic heterocycles. The number of amidine groups is 1. The second-order valence-electron chi connectivity index (χ2n) is 7.19. The van der Waals surface area contributed by atoms with Crippen LogP contribution in [-0.2, 0) is 6.42 Å². The summed E-state index contributed by atoms with van der Waals surface area (Å²) in [6.45, 7) is 1.84. The molecule has 30 heavy (non-hydrogen) atoms. The van der Waals surface area contributed by atoms with E-state index in [9.17, 15) is 9.59 Å². The van der Waals surface area contributed by atoms with Gasteiger partial charge in [-0.25, -0.2) is 9.78 Å². The van der Waals surface area contributed by atoms with Gasteiger partial charge in [0.1, 0.15) is 17.5 Å². The molecular formula is C21H23N7O2. The number of hydrogen-bond acceptors (Lipinski definition) is 7. The van der Waals surface area contributed by atoms with Crippen LogP contribution in [0.15, 0.2) is 53.5 Å². The molecule has 0 bridgehead atoms. The van der Waals surface area contributed by atoms with Gasteiger partial charge in [-0.2, -0.15) is 0 Å². The molecule has 0 aliphatic carbocycles. The fraction of sp³-hybridized carbons (Fsp3) is 0.286. The predicted octanol–water partition coefficient (Wildman–Crippen LogP) is 1.50. The molecule has 0 saturated heterocycles. The molecule has 4 rings (SSSR count). The Morgan fingerprint density at radius 2 is 2.17 bits per heavy atom. The average Bonchev–Trinajstić information content (AvgIpc) is 3.24. The summed E-state index contributed by atoms with van der Waals surface area (Å²) in [5, 5.41) is 6.12. The Labute approximate surface area is 174 Å². The van der Waals surface area contributed by atoms with E-state index in [4.69, 9.17) is 4.98 Å². The largest absolute Gasteiger partial charge is 0.338 e. The smallest absolute Gasteiger partial charge is 0.316 e. The van der Waals surface area contributed by atoms with E-state index >= 15 is 0 Å². The number of carbonyl (C=O) groups excluding carboxylic acids is 2. The van der Waals surface area contributed by atoms with Crippen LogP contribution in [0.4, 0.5) is 10.6 Å². The predicted molar refractivity (Wildman–Crippen MR) is 113 cm³/mol. The number of nitrogens with zero attached hydrogens (tertiary/aromatic N) is 5. The van der Waals surface area contributed by atoms with Gasteiger partial charge in [0.25, 0.3) is 0 Å². The Morgan fingerprint density at radius 1 is 1.30 bits per heavy atom. The van der Waals surface area contributed by atoms with Crippen LogP contribution in [0.3, 0.4) is 0 Å². The van der Waals surface area contributed by atoms with Crippen LogP contribution in [0, 0.1) is 0 Å². The number of pyridine rings is 2. The van der Waals surface area contributed by atoms with E-state index < -0.39 is 0 Å². The zero-order chi connectivity index (χ0) is 21.1. The molecule has 0 spiro atoms. The van der Waals surface area contributed by atoms with Crippen LogP contribution in [0.25, 0.3) is 0 Å². The van der Waals surface area contributed by atoms with Gasteiger partial charge in [-0.05, 0) is 24.3 Å². The van der Waals surface area contributed by atoms with Crippen LogP contribution in [0.2, 0.25) is 0 Å². The topological polar surface area (TPSA) is 103 Å². The monoisotopic (exact) mass is 405 g/mol. The van der Waals surface area contributed by atoms with Crippen LogP contribution in [-0.4, -0.2) is 71.1 Å². The van der Waals surface area contributed by atoms with Crippen molar-refractivity contribution in [2.45, 2.75) is 6.42 Å². The average molecular weight is 405 g/mol. The van der Waals surface area contributed by atoms with Crippen LogP contribution in [0.1, 0.15) is 21.6 Å². The highest BCUT2D eigenvalue weighted by atomic mass is 16.2. The van der Waals surface area contributed by atoms with Gasteiger partial charge in [0, 0.05) is 63.3 Å². The third-order valence-electron chi connectivity index (χ3n) is 4.85. The minimum Gasteiger partial charge on any atom is -0.338 e. The molecular weight excluding hydrogens is 382 g/mol. The van der Waals surface area contributed by atoms with Gasteiger partial charge in [-0.1, -0.05) is 0 Å². The van der Waals surface area contributed by atoms with Crippen molar-refractivity contribution in [3.8, 4) is 0 Å². The molecule has 0 unspecified atom stereocenters. The van der Waals surface area contributed by atoms with E-state index in [1.54, 1.807) is 44.7 Å². The van der Waals surface area contributed by atoms with Crippen molar-refractivity contribution in [1.82, 2.24) is 25.1 Å². The number of aliphatic imine (C=N–C) groups is 1. The van der Waals surface area contributed by atoms with E-state index in [1.165, 1.54) is 4.90 Å². The summed E-state index contributed by atoms with van der Waals surface area (Å²) in [5.74, 6) is 1.99. The number of anilines is 1. The van der Waals surface area contributed by atoms with Crippen LogP contribution in [0.5, 0.6) is 0 Å². The quantitative estimate of drug-likeness (QED) is 0.577. The molecule has 9 nitrogen and oxygen atoms in total. The summed E-state index contributed by atoms with van der Waals surface area (Å²) < 4.78 is 0. The van der Waals surface area contributed by atoms with E-state index in [-0.39, 0.29) is 11.8 Å². The highest BCUT2D eigenvalue weighted by molar-refractivity contribution is 6.09. The van der Waals surface area contributed by atoms with Crippen molar-refractivity contribution in [2.24, 2.45) is 4.99 Å². The van der Waals surface area contributed by atoms with Crippen molar-refractivity contribution in [3.63, 3.8) is 0 Å². The number of ketones is 1. The zero-order valence-corrected chi connectivity index (χ0v) is 16.9. The number of rotatable bonds is 5. The Bertz CT molecular complexity index is 1030. The number of nitrogens with one attached hydrogen (secondary N) is 2. The molecule has 0 saturated carbocycles. The first-order valence-corrected chi connectivity index (χ1v) is 9.73. The van der Waals surface area contributed by atoms with Gasteiger partial charge in [-0.15, -0.1) is 0 Å². The molecule has 0 atom stereocenters. The van der Waals surface area contributed by atoms with Crippen molar-refractivity contribution in [2.75, 3.05) is 39.0 Å². The summed E-state index contributed by atoms with van der Waals surface area (Å²) in [5.41, 5.74) is 2.26. The van der Waals surface area contributed by atoms with E-state index in [0.717, 1.165) is 17.1 Å². The molecule has 154 valence electrons. The molecule has 2 N–H and O–H groups in total. The Morgan fingerprint density at radius 3 is 2.93 bits per heavy atom. The van der Waals surface area contributed by atoms with Gasteiger partial charge in [-0.3, -0.25) is 14.8 Å². The molecule has 2 amide bonds. The summed E-state index contributed by atoms with van der Waals surface area (Å²) in [4.78, 5) is 41.1. The maximum Gasteiger partial charge on any atom is 0.316 e. The number of carbonyl (C=O) groups is 2. The Kier molecular flexibility index (Phi) is 5.42. The molecule has 9 heteroatoms. The van der Waals surface area contributed by atoms with Crippen molar-refractivity contribution in [3.05, 3.63) is 65.4 Å². The Balaban J connectivity index is 1.55. The summed E-state index contributed by atoms with van der Waals surface area (Å²) >= 11 is 0. The fourth-order valence-corrected chi connectivity index (χ4v) is 3.30. The first-order chi connectivity index (χ1) is 14.5. The lowest BCUT2D eigenvalue weighted by Crippen LogP contribution is -2.37. The van der Waals surface area contributed by atoms with Crippen molar-refractivity contribution >= 4 is 23.5 Å². The first kappa shape index (κ1) is 19.6. The highest BCUT2D eigenvalue weighted by Gasteiger charge is 2.30. The Hall–Kier alpha value is -3.75. The lowest BCUT2D eigenvalue weighted by Gasteiger charge is -2.30. The molecule has 4 heterocycles. The second kappa shape index (κ2) is 8.32. The number of amides is 2. The van der Waals surface area contributed by atoms with E-state index in [2.05, 4.69) is 20.6 Å². The number of allylic oxidation sites excluding steroid dienone is 1. The first-order valence-electron chi connectivity index (χ1n) is 9.73. The SMILES string of the molecule is CN(C)C(=O)NCCc1ccc2c(n1)N/C(=C\C(=O)c1cccnc1)N1CCN=C21. The third kappa shape index (κ3) is 4.00. The number of aromatic nitrogens is 2.